The molecule has 5 nitrogen and oxygen atoms in total. The molecule has 1 aliphatic heterocycles. The Morgan fingerprint density at radius 2 is 2.00 bits per heavy atom. The van der Waals surface area contributed by atoms with Crippen LogP contribution in [0.4, 0.5) is 0 Å². The molecule has 0 aromatic heterocycles. The molecule has 1 aliphatic rings. The Kier molecular flexibility index (Phi) is 5.42. The van der Waals surface area contributed by atoms with Crippen LogP contribution >= 0.6 is 11.8 Å². The van der Waals surface area contributed by atoms with Gasteiger partial charge in [0.1, 0.15) is 30.4 Å². The predicted molar refractivity (Wildman–Crippen MR) is 75.5 cm³/mol. The summed E-state index contributed by atoms with van der Waals surface area (Å²) in [7, 11) is 0. The molecule has 1 aromatic carbocycles. The molecule has 2 rings (SSSR count). The summed E-state index contributed by atoms with van der Waals surface area (Å²) in [6, 6.07) is 8.60. The Hall–Kier alpha value is -1.08. The van der Waals surface area contributed by atoms with Gasteiger partial charge in [-0.05, 0) is 17.9 Å². The van der Waals surface area contributed by atoms with Gasteiger partial charge in [-0.3, -0.25) is 0 Å². The van der Waals surface area contributed by atoms with Crippen molar-refractivity contribution in [3.8, 4) is 0 Å². The molecular weight excluding hydrogens is 280 g/mol. The maximum absolute atomic E-state index is 11.8. The lowest BCUT2D eigenvalue weighted by Crippen LogP contribution is -2.34. The Bertz CT molecular complexity index is 438. The van der Waals surface area contributed by atoms with Gasteiger partial charge in [0.2, 0.25) is 0 Å². The number of carbonyl (C=O) groups is 1. The monoisotopic (exact) mass is 298 g/mol. The Morgan fingerprint density at radius 3 is 2.65 bits per heavy atom. The SMILES string of the molecule is CCSC1OC(COC(=O)c2ccccc2)C(O)C1O. The molecule has 20 heavy (non-hydrogen) atoms. The van der Waals surface area contributed by atoms with Gasteiger partial charge in [-0.2, -0.15) is 0 Å². The molecule has 2 N–H and O–H groups in total. The molecule has 0 amide bonds. The molecule has 1 saturated heterocycles. The zero-order valence-electron chi connectivity index (χ0n) is 11.1. The number of ether oxygens (including phenoxy) is 2. The molecule has 0 radical (unpaired) electrons. The van der Waals surface area contributed by atoms with Crippen LogP contribution < -0.4 is 0 Å². The number of aliphatic hydroxyl groups is 2. The fraction of sp³-hybridized carbons (Fsp3) is 0.500. The lowest BCUT2D eigenvalue weighted by atomic mass is 10.1. The number of benzene rings is 1. The zero-order chi connectivity index (χ0) is 14.5. The van der Waals surface area contributed by atoms with Gasteiger partial charge >= 0.3 is 5.97 Å². The van der Waals surface area contributed by atoms with Crippen LogP contribution in [-0.4, -0.2) is 52.3 Å². The highest BCUT2D eigenvalue weighted by molar-refractivity contribution is 7.99. The van der Waals surface area contributed by atoms with Crippen molar-refractivity contribution >= 4 is 17.7 Å². The highest BCUT2D eigenvalue weighted by atomic mass is 32.2. The van der Waals surface area contributed by atoms with Crippen molar-refractivity contribution in [2.75, 3.05) is 12.4 Å². The van der Waals surface area contributed by atoms with Crippen molar-refractivity contribution < 1.29 is 24.5 Å². The third-order valence-electron chi connectivity index (χ3n) is 3.04. The van der Waals surface area contributed by atoms with E-state index < -0.39 is 29.7 Å². The van der Waals surface area contributed by atoms with Crippen molar-refractivity contribution in [2.24, 2.45) is 0 Å². The third-order valence-corrected chi connectivity index (χ3v) is 4.09. The van der Waals surface area contributed by atoms with E-state index in [4.69, 9.17) is 9.47 Å². The molecule has 110 valence electrons. The number of carbonyl (C=O) groups excluding carboxylic acids is 1. The minimum atomic E-state index is -1.04. The number of hydrogen-bond donors (Lipinski definition) is 2. The second-order valence-corrected chi connectivity index (χ2v) is 5.82. The van der Waals surface area contributed by atoms with E-state index in [1.807, 2.05) is 13.0 Å². The molecule has 6 heteroatoms. The zero-order valence-corrected chi connectivity index (χ0v) is 12.0. The summed E-state index contributed by atoms with van der Waals surface area (Å²) in [4.78, 5) is 11.8. The molecule has 4 unspecified atom stereocenters. The van der Waals surface area contributed by atoms with Crippen molar-refractivity contribution in [1.29, 1.82) is 0 Å². The summed E-state index contributed by atoms with van der Waals surface area (Å²) >= 11 is 1.41. The van der Waals surface area contributed by atoms with Gasteiger partial charge in [-0.15, -0.1) is 11.8 Å². The van der Waals surface area contributed by atoms with Crippen LogP contribution in [0.15, 0.2) is 30.3 Å². The maximum Gasteiger partial charge on any atom is 0.338 e. The molecule has 0 aliphatic carbocycles. The lowest BCUT2D eigenvalue weighted by molar-refractivity contribution is -0.0225. The van der Waals surface area contributed by atoms with Gasteiger partial charge in [0, 0.05) is 0 Å². The average molecular weight is 298 g/mol. The molecule has 0 bridgehead atoms. The van der Waals surface area contributed by atoms with Gasteiger partial charge in [0.15, 0.2) is 0 Å². The van der Waals surface area contributed by atoms with E-state index in [1.54, 1.807) is 24.3 Å². The Balaban J connectivity index is 1.87. The molecule has 1 aromatic rings. The first kappa shape index (κ1) is 15.3. The smallest absolute Gasteiger partial charge is 0.338 e. The van der Waals surface area contributed by atoms with Crippen LogP contribution in [0.25, 0.3) is 0 Å². The summed E-state index contributed by atoms with van der Waals surface area (Å²) in [6.45, 7) is 1.86. The summed E-state index contributed by atoms with van der Waals surface area (Å²) in [5.41, 5.74) is -0.0320. The van der Waals surface area contributed by atoms with E-state index >= 15 is 0 Å². The van der Waals surface area contributed by atoms with Gasteiger partial charge in [0.05, 0.1) is 5.56 Å². The third kappa shape index (κ3) is 3.52. The van der Waals surface area contributed by atoms with Crippen molar-refractivity contribution in [2.45, 2.75) is 30.7 Å². The standard InChI is InChI=1S/C14H18O5S/c1-2-20-14-12(16)11(15)10(19-14)8-18-13(17)9-6-4-3-5-7-9/h3-7,10-12,14-16H,2,8H2,1H3. The largest absolute Gasteiger partial charge is 0.459 e. The second-order valence-electron chi connectivity index (χ2n) is 4.44. The topological polar surface area (TPSA) is 76.0 Å². The van der Waals surface area contributed by atoms with Gasteiger partial charge in [0.25, 0.3) is 0 Å². The first-order valence-electron chi connectivity index (χ1n) is 6.49. The second kappa shape index (κ2) is 7.08. The van der Waals surface area contributed by atoms with Crippen LogP contribution in [0.3, 0.4) is 0 Å². The van der Waals surface area contributed by atoms with E-state index in [0.717, 1.165) is 5.75 Å². The van der Waals surface area contributed by atoms with Crippen molar-refractivity contribution in [1.82, 2.24) is 0 Å². The highest BCUT2D eigenvalue weighted by Crippen LogP contribution is 2.29. The van der Waals surface area contributed by atoms with Crippen molar-refractivity contribution in [3.63, 3.8) is 0 Å². The van der Waals surface area contributed by atoms with Gasteiger partial charge < -0.3 is 19.7 Å². The molecule has 0 saturated carbocycles. The Morgan fingerprint density at radius 1 is 1.30 bits per heavy atom. The average Bonchev–Trinajstić information content (AvgIpc) is 2.74. The summed E-state index contributed by atoms with van der Waals surface area (Å²) in [5, 5.41) is 19.7. The van der Waals surface area contributed by atoms with E-state index in [2.05, 4.69) is 0 Å². The van der Waals surface area contributed by atoms with Gasteiger partial charge in [-0.1, -0.05) is 25.1 Å². The van der Waals surface area contributed by atoms with E-state index in [0.29, 0.717) is 5.56 Å². The van der Waals surface area contributed by atoms with Crippen molar-refractivity contribution in [3.05, 3.63) is 35.9 Å². The molecule has 4 atom stereocenters. The van der Waals surface area contributed by atoms with Crippen LogP contribution in [0, 0.1) is 0 Å². The van der Waals surface area contributed by atoms with Crippen LogP contribution in [-0.2, 0) is 9.47 Å². The molecule has 1 heterocycles. The fourth-order valence-electron chi connectivity index (χ4n) is 1.97. The number of esters is 1. The number of rotatable bonds is 5. The van der Waals surface area contributed by atoms with Crippen LogP contribution in [0.2, 0.25) is 0 Å². The van der Waals surface area contributed by atoms with E-state index in [1.165, 1.54) is 11.8 Å². The van der Waals surface area contributed by atoms with Crippen LogP contribution in [0.1, 0.15) is 17.3 Å². The minimum Gasteiger partial charge on any atom is -0.459 e. The van der Waals surface area contributed by atoms with Gasteiger partial charge in [-0.25, -0.2) is 4.79 Å². The fourth-order valence-corrected chi connectivity index (χ4v) is 2.88. The summed E-state index contributed by atoms with van der Waals surface area (Å²) in [6.07, 6.45) is -2.69. The lowest BCUT2D eigenvalue weighted by Gasteiger charge is -2.14. The molecular formula is C14H18O5S. The van der Waals surface area contributed by atoms with E-state index in [-0.39, 0.29) is 6.61 Å². The summed E-state index contributed by atoms with van der Waals surface area (Å²) < 4.78 is 10.6. The van der Waals surface area contributed by atoms with E-state index in [9.17, 15) is 15.0 Å². The quantitative estimate of drug-likeness (QED) is 0.791. The minimum absolute atomic E-state index is 0.0767. The maximum atomic E-state index is 11.8. The summed E-state index contributed by atoms with van der Waals surface area (Å²) in [5.74, 6) is 0.299. The first-order valence-corrected chi connectivity index (χ1v) is 7.53. The predicted octanol–water partition coefficient (Wildman–Crippen LogP) is 1.04. The molecule has 1 fully saturated rings. The number of hydrogen-bond acceptors (Lipinski definition) is 6. The first-order chi connectivity index (χ1) is 9.63. The Labute approximate surface area is 121 Å². The van der Waals surface area contributed by atoms with Crippen LogP contribution in [0.5, 0.6) is 0 Å². The highest BCUT2D eigenvalue weighted by Gasteiger charge is 2.43. The number of aliphatic hydroxyl groups excluding tert-OH is 2. The molecule has 0 spiro atoms. The normalized spacial score (nSPS) is 29.4. The number of thioether (sulfide) groups is 1.